The summed E-state index contributed by atoms with van der Waals surface area (Å²) in [4.78, 5) is 10.4. The van der Waals surface area contributed by atoms with Crippen molar-refractivity contribution in [2.24, 2.45) is 0 Å². The Morgan fingerprint density at radius 2 is 2.25 bits per heavy atom. The zero-order valence-corrected chi connectivity index (χ0v) is 8.10. The largest absolute Gasteiger partial charge is 0.356 e. The molecule has 1 amide bonds. The quantitative estimate of drug-likeness (QED) is 0.599. The minimum atomic E-state index is 0.214. The average molecular weight is 169 g/mol. The number of hydrogen-bond acceptors (Lipinski definition) is 1. The highest BCUT2D eigenvalue weighted by molar-refractivity contribution is 5.76. The van der Waals surface area contributed by atoms with Gasteiger partial charge in [0.25, 0.3) is 0 Å². The Morgan fingerprint density at radius 1 is 1.50 bits per heavy atom. The van der Waals surface area contributed by atoms with Crippen LogP contribution in [-0.4, -0.2) is 12.5 Å². The standard InChI is InChI=1S/C5H9NO.C5H10/c7-5-3-1-2-4-6-5;1-3-5-4-2/h1-4H2,(H,6,7);3,5H,4H2,1-2H3. The first-order valence-electron chi connectivity index (χ1n) is 4.69. The lowest BCUT2D eigenvalue weighted by molar-refractivity contribution is -0.122. The summed E-state index contributed by atoms with van der Waals surface area (Å²) in [6.07, 6.45) is 8.31. The Kier molecular flexibility index (Phi) is 7.76. The van der Waals surface area contributed by atoms with Gasteiger partial charge < -0.3 is 5.32 Å². The molecule has 0 aromatic rings. The first-order chi connectivity index (χ1) is 5.81. The summed E-state index contributed by atoms with van der Waals surface area (Å²) in [5, 5.41) is 2.74. The number of amides is 1. The maximum absolute atomic E-state index is 10.4. The number of nitrogens with one attached hydrogen (secondary N) is 1. The fourth-order valence-corrected chi connectivity index (χ4v) is 0.962. The van der Waals surface area contributed by atoms with Gasteiger partial charge in [0.05, 0.1) is 0 Å². The van der Waals surface area contributed by atoms with Crippen LogP contribution in [0.3, 0.4) is 0 Å². The molecule has 70 valence electrons. The third-order valence-electron chi connectivity index (χ3n) is 1.62. The monoisotopic (exact) mass is 169 g/mol. The van der Waals surface area contributed by atoms with Crippen LogP contribution in [0.2, 0.25) is 0 Å². The summed E-state index contributed by atoms with van der Waals surface area (Å²) in [7, 11) is 0. The van der Waals surface area contributed by atoms with Crippen molar-refractivity contribution in [2.75, 3.05) is 6.54 Å². The van der Waals surface area contributed by atoms with E-state index in [1.807, 2.05) is 6.92 Å². The first kappa shape index (κ1) is 11.2. The normalized spacial score (nSPS) is 16.7. The summed E-state index contributed by atoms with van der Waals surface area (Å²) in [6, 6.07) is 0. The molecule has 12 heavy (non-hydrogen) atoms. The van der Waals surface area contributed by atoms with E-state index < -0.39 is 0 Å². The molecule has 0 saturated carbocycles. The maximum atomic E-state index is 10.4. The Balaban J connectivity index is 0.000000217. The average Bonchev–Trinajstić information content (AvgIpc) is 2.08. The molecule has 1 aliphatic rings. The van der Waals surface area contributed by atoms with E-state index in [9.17, 15) is 4.79 Å². The minimum Gasteiger partial charge on any atom is -0.356 e. The van der Waals surface area contributed by atoms with Gasteiger partial charge in [-0.05, 0) is 26.2 Å². The second-order valence-electron chi connectivity index (χ2n) is 2.78. The van der Waals surface area contributed by atoms with Gasteiger partial charge in [0.15, 0.2) is 0 Å². The molecule has 0 spiro atoms. The van der Waals surface area contributed by atoms with E-state index in [4.69, 9.17) is 0 Å². The summed E-state index contributed by atoms with van der Waals surface area (Å²) < 4.78 is 0. The van der Waals surface area contributed by atoms with Crippen LogP contribution in [-0.2, 0) is 4.79 Å². The molecule has 0 unspecified atom stereocenters. The number of allylic oxidation sites excluding steroid dienone is 2. The number of rotatable bonds is 1. The first-order valence-corrected chi connectivity index (χ1v) is 4.69. The van der Waals surface area contributed by atoms with E-state index in [-0.39, 0.29) is 5.91 Å². The van der Waals surface area contributed by atoms with Crippen molar-refractivity contribution in [1.82, 2.24) is 5.32 Å². The van der Waals surface area contributed by atoms with Crippen molar-refractivity contribution in [2.45, 2.75) is 39.5 Å². The lowest BCUT2D eigenvalue weighted by Gasteiger charge is -2.08. The van der Waals surface area contributed by atoms with Crippen LogP contribution in [0.1, 0.15) is 39.5 Å². The van der Waals surface area contributed by atoms with E-state index >= 15 is 0 Å². The molecule has 1 heterocycles. The summed E-state index contributed by atoms with van der Waals surface area (Å²) in [5.41, 5.74) is 0. The maximum Gasteiger partial charge on any atom is 0.219 e. The number of hydrogen-bond donors (Lipinski definition) is 1. The van der Waals surface area contributed by atoms with Gasteiger partial charge in [-0.1, -0.05) is 19.1 Å². The van der Waals surface area contributed by atoms with Crippen LogP contribution >= 0.6 is 0 Å². The van der Waals surface area contributed by atoms with Gasteiger partial charge in [0.1, 0.15) is 0 Å². The van der Waals surface area contributed by atoms with Crippen molar-refractivity contribution in [3.8, 4) is 0 Å². The molecule has 1 aliphatic heterocycles. The predicted octanol–water partition coefficient (Wildman–Crippen LogP) is 2.26. The fraction of sp³-hybridized carbons (Fsp3) is 0.700. The van der Waals surface area contributed by atoms with Gasteiger partial charge in [-0.2, -0.15) is 0 Å². The van der Waals surface area contributed by atoms with Gasteiger partial charge in [-0.15, -0.1) is 0 Å². The Bertz CT molecular complexity index is 133. The molecular weight excluding hydrogens is 150 g/mol. The molecule has 0 aromatic carbocycles. The highest BCUT2D eigenvalue weighted by Gasteiger charge is 2.04. The molecule has 0 aromatic heterocycles. The molecule has 0 bridgehead atoms. The van der Waals surface area contributed by atoms with Crippen LogP contribution in [0.15, 0.2) is 12.2 Å². The molecule has 1 N–H and O–H groups in total. The second kappa shape index (κ2) is 8.31. The second-order valence-corrected chi connectivity index (χ2v) is 2.78. The zero-order valence-electron chi connectivity index (χ0n) is 8.10. The summed E-state index contributed by atoms with van der Waals surface area (Å²) in [6.45, 7) is 5.04. The third-order valence-corrected chi connectivity index (χ3v) is 1.62. The zero-order chi connectivity index (χ0) is 9.23. The van der Waals surface area contributed by atoms with Gasteiger partial charge in [0.2, 0.25) is 5.91 Å². The SMILES string of the molecule is CC=CCC.O=C1CCCCN1. The van der Waals surface area contributed by atoms with E-state index in [0.717, 1.165) is 32.2 Å². The molecule has 0 aliphatic carbocycles. The van der Waals surface area contributed by atoms with E-state index in [0.29, 0.717) is 0 Å². The van der Waals surface area contributed by atoms with Crippen LogP contribution in [0.4, 0.5) is 0 Å². The van der Waals surface area contributed by atoms with Gasteiger partial charge in [-0.3, -0.25) is 4.79 Å². The van der Waals surface area contributed by atoms with Crippen molar-refractivity contribution in [3.05, 3.63) is 12.2 Å². The molecule has 2 heteroatoms. The molecule has 0 atom stereocenters. The highest BCUT2D eigenvalue weighted by atomic mass is 16.1. The lowest BCUT2D eigenvalue weighted by Crippen LogP contribution is -2.28. The third kappa shape index (κ3) is 7.32. The predicted molar refractivity (Wildman–Crippen MR) is 52.0 cm³/mol. The Hall–Kier alpha value is -0.790. The number of carbonyl (C=O) groups is 1. The number of carbonyl (C=O) groups excluding carboxylic acids is 1. The van der Waals surface area contributed by atoms with Crippen LogP contribution in [0, 0.1) is 0 Å². The van der Waals surface area contributed by atoms with E-state index in [2.05, 4.69) is 24.4 Å². The summed E-state index contributed by atoms with van der Waals surface area (Å²) in [5.74, 6) is 0.214. The smallest absolute Gasteiger partial charge is 0.219 e. The number of piperidine rings is 1. The van der Waals surface area contributed by atoms with E-state index in [1.54, 1.807) is 0 Å². The van der Waals surface area contributed by atoms with Gasteiger partial charge in [-0.25, -0.2) is 0 Å². The van der Waals surface area contributed by atoms with Crippen molar-refractivity contribution < 1.29 is 4.79 Å². The van der Waals surface area contributed by atoms with Gasteiger partial charge in [0, 0.05) is 13.0 Å². The lowest BCUT2D eigenvalue weighted by atomic mass is 10.2. The molecule has 1 rings (SSSR count). The van der Waals surface area contributed by atoms with E-state index in [1.165, 1.54) is 0 Å². The summed E-state index contributed by atoms with van der Waals surface area (Å²) >= 11 is 0. The minimum absolute atomic E-state index is 0.214. The molecular formula is C10H19NO. The highest BCUT2D eigenvalue weighted by Crippen LogP contribution is 1.98. The van der Waals surface area contributed by atoms with Crippen LogP contribution in [0.5, 0.6) is 0 Å². The molecule has 2 nitrogen and oxygen atoms in total. The topological polar surface area (TPSA) is 29.1 Å². The fourth-order valence-electron chi connectivity index (χ4n) is 0.962. The Morgan fingerprint density at radius 3 is 2.42 bits per heavy atom. The molecule has 1 saturated heterocycles. The molecule has 1 fully saturated rings. The van der Waals surface area contributed by atoms with Crippen molar-refractivity contribution in [1.29, 1.82) is 0 Å². The van der Waals surface area contributed by atoms with Crippen molar-refractivity contribution in [3.63, 3.8) is 0 Å². The van der Waals surface area contributed by atoms with Crippen LogP contribution < -0.4 is 5.32 Å². The van der Waals surface area contributed by atoms with Crippen molar-refractivity contribution >= 4 is 5.91 Å². The molecule has 0 radical (unpaired) electrons. The Labute approximate surface area is 75.0 Å². The van der Waals surface area contributed by atoms with Crippen LogP contribution in [0.25, 0.3) is 0 Å². The van der Waals surface area contributed by atoms with Gasteiger partial charge >= 0.3 is 0 Å².